The van der Waals surface area contributed by atoms with E-state index in [2.05, 4.69) is 19.1 Å². The molecule has 1 amide bonds. The molecule has 1 rings (SSSR count). The van der Waals surface area contributed by atoms with E-state index in [4.69, 9.17) is 5.84 Å². The number of nitrogens with zero attached hydrogens (tertiary/aromatic N) is 1. The maximum absolute atomic E-state index is 11.2. The zero-order valence-electron chi connectivity index (χ0n) is 13.6. The third-order valence-corrected chi connectivity index (χ3v) is 2.40. The minimum atomic E-state index is -0.258. The number of rotatable bonds is 2. The Hall–Kier alpha value is 0.190. The van der Waals surface area contributed by atoms with Gasteiger partial charge in [-0.25, -0.2) is 5.84 Å². The Kier molecular flexibility index (Phi) is 26.9. The van der Waals surface area contributed by atoms with E-state index in [9.17, 15) is 4.79 Å². The van der Waals surface area contributed by atoms with Crippen LogP contribution in [0.15, 0.2) is 30.3 Å². The number of nitrogens with two attached hydrogens (primary N) is 1. The van der Waals surface area contributed by atoms with Gasteiger partial charge in [-0.05, 0) is 34.1 Å². The Morgan fingerprint density at radius 2 is 1.55 bits per heavy atom. The van der Waals surface area contributed by atoms with Crippen molar-refractivity contribution in [3.05, 3.63) is 35.9 Å². The fourth-order valence-corrected chi connectivity index (χ4v) is 1.24. The normalized spacial score (nSPS) is 8.45. The molecule has 0 aliphatic heterocycles. The monoisotopic (exact) mass is 364 g/mol. The third-order valence-electron chi connectivity index (χ3n) is 2.40. The van der Waals surface area contributed by atoms with Gasteiger partial charge in [0.1, 0.15) is 0 Å². The fraction of sp³-hybridized carbons (Fsp3) is 0.533. The van der Waals surface area contributed by atoms with Crippen LogP contribution in [-0.4, -0.2) is 51.5 Å². The second-order valence-electron chi connectivity index (χ2n) is 5.34. The third kappa shape index (κ3) is 16.6. The molecule has 0 atom stereocenters. The Labute approximate surface area is 169 Å². The number of hydrazine groups is 1. The first-order valence-corrected chi connectivity index (χ1v) is 6.38. The summed E-state index contributed by atoms with van der Waals surface area (Å²) < 4.78 is 0. The molecular formula is C15H31Cl2N2NaO2. The van der Waals surface area contributed by atoms with E-state index in [-0.39, 0.29) is 71.3 Å². The van der Waals surface area contributed by atoms with Crippen molar-refractivity contribution >= 4 is 60.3 Å². The summed E-state index contributed by atoms with van der Waals surface area (Å²) in [6.45, 7) is 9.80. The quantitative estimate of drug-likeness (QED) is 0.379. The van der Waals surface area contributed by atoms with Gasteiger partial charge in [0, 0.05) is 6.42 Å². The number of carbonyl (C=O) groups is 1. The molecular weight excluding hydrogens is 334 g/mol. The summed E-state index contributed by atoms with van der Waals surface area (Å²) >= 11 is 0. The van der Waals surface area contributed by atoms with Crippen LogP contribution in [0.25, 0.3) is 0 Å². The maximum atomic E-state index is 11.2. The number of aryl methyl sites for hydroxylation is 1. The molecule has 0 bridgehead atoms. The zero-order chi connectivity index (χ0) is 14.2. The molecule has 0 heterocycles. The minimum absolute atomic E-state index is 0. The molecule has 0 saturated heterocycles. The number of hydrogen-bond donors (Lipinski definition) is 1. The molecule has 0 spiro atoms. The Balaban J connectivity index is -0.0000000780. The van der Waals surface area contributed by atoms with E-state index in [1.165, 1.54) is 10.6 Å². The van der Waals surface area contributed by atoms with Crippen molar-refractivity contribution in [1.29, 1.82) is 0 Å². The molecule has 4 nitrogen and oxygen atoms in total. The Bertz CT molecular complexity index is 360. The van der Waals surface area contributed by atoms with Gasteiger partial charge in [-0.3, -0.25) is 9.80 Å². The Morgan fingerprint density at radius 1 is 1.14 bits per heavy atom. The van der Waals surface area contributed by atoms with Gasteiger partial charge in [0.15, 0.2) is 0 Å². The molecule has 128 valence electrons. The van der Waals surface area contributed by atoms with Crippen LogP contribution in [0.3, 0.4) is 0 Å². The fourth-order valence-electron chi connectivity index (χ4n) is 1.24. The van der Waals surface area contributed by atoms with E-state index in [0.29, 0.717) is 6.42 Å². The van der Waals surface area contributed by atoms with E-state index in [1.54, 1.807) is 0 Å². The first-order valence-electron chi connectivity index (χ1n) is 6.38. The SMILES string of the molecule is CCCC(=O)N(N)C(C)(C)C.Cc1ccccc1.Cl.Cl.O.[NaH]. The standard InChI is InChI=1S/C8H18N2O.C7H8.2ClH.Na.H2O.H/c1-5-6-7(11)10(9)8(2,3)4;1-7-5-3-2-4-6-7;;;;;/h5-6,9H2,1-4H3;2-6H,1H3;2*1H;;1H2;. The number of carbonyl (C=O) groups excluding carboxylic acids is 1. The number of amides is 1. The van der Waals surface area contributed by atoms with Crippen molar-refractivity contribution in [1.82, 2.24) is 5.01 Å². The van der Waals surface area contributed by atoms with Crippen molar-refractivity contribution < 1.29 is 10.3 Å². The molecule has 4 N–H and O–H groups in total. The van der Waals surface area contributed by atoms with Crippen molar-refractivity contribution in [2.75, 3.05) is 0 Å². The van der Waals surface area contributed by atoms with Gasteiger partial charge in [-0.2, -0.15) is 0 Å². The van der Waals surface area contributed by atoms with E-state index >= 15 is 0 Å². The summed E-state index contributed by atoms with van der Waals surface area (Å²) in [7, 11) is 0. The van der Waals surface area contributed by atoms with E-state index in [1.807, 2.05) is 45.9 Å². The number of benzene rings is 1. The molecule has 1 aromatic carbocycles. The van der Waals surface area contributed by atoms with Crippen molar-refractivity contribution in [2.45, 2.75) is 53.0 Å². The first kappa shape index (κ1) is 33.7. The van der Waals surface area contributed by atoms with Crippen molar-refractivity contribution in [3.8, 4) is 0 Å². The molecule has 0 unspecified atom stereocenters. The summed E-state index contributed by atoms with van der Waals surface area (Å²) in [6, 6.07) is 10.3. The molecule has 0 saturated carbocycles. The summed E-state index contributed by atoms with van der Waals surface area (Å²) in [4.78, 5) is 11.2. The van der Waals surface area contributed by atoms with Crippen LogP contribution >= 0.6 is 24.8 Å². The summed E-state index contributed by atoms with van der Waals surface area (Å²) in [5, 5.41) is 1.30. The summed E-state index contributed by atoms with van der Waals surface area (Å²) in [5.41, 5.74) is 1.06. The molecule has 0 radical (unpaired) electrons. The van der Waals surface area contributed by atoms with Crippen LogP contribution in [0.4, 0.5) is 0 Å². The van der Waals surface area contributed by atoms with Gasteiger partial charge < -0.3 is 5.48 Å². The van der Waals surface area contributed by atoms with Crippen LogP contribution in [0.1, 0.15) is 46.1 Å². The molecule has 0 aliphatic rings. The second-order valence-corrected chi connectivity index (χ2v) is 5.34. The molecule has 0 aromatic heterocycles. The topological polar surface area (TPSA) is 77.8 Å². The van der Waals surface area contributed by atoms with Gasteiger partial charge in [0.25, 0.3) is 0 Å². The van der Waals surface area contributed by atoms with E-state index in [0.717, 1.165) is 6.42 Å². The van der Waals surface area contributed by atoms with Gasteiger partial charge >= 0.3 is 29.6 Å². The molecule has 22 heavy (non-hydrogen) atoms. The molecule has 0 fully saturated rings. The van der Waals surface area contributed by atoms with Crippen LogP contribution in [0.2, 0.25) is 0 Å². The van der Waals surface area contributed by atoms with Crippen molar-refractivity contribution in [3.63, 3.8) is 0 Å². The first-order chi connectivity index (χ1) is 8.29. The average molecular weight is 365 g/mol. The summed E-state index contributed by atoms with van der Waals surface area (Å²) in [6.07, 6.45) is 1.39. The molecule has 0 aliphatic carbocycles. The van der Waals surface area contributed by atoms with Crippen molar-refractivity contribution in [2.24, 2.45) is 5.84 Å². The number of hydrogen-bond acceptors (Lipinski definition) is 2. The van der Waals surface area contributed by atoms with E-state index < -0.39 is 0 Å². The van der Waals surface area contributed by atoms with Gasteiger partial charge in [0.2, 0.25) is 5.91 Å². The Morgan fingerprint density at radius 3 is 1.77 bits per heavy atom. The second kappa shape index (κ2) is 17.5. The zero-order valence-corrected chi connectivity index (χ0v) is 15.2. The van der Waals surface area contributed by atoms with Crippen LogP contribution in [-0.2, 0) is 4.79 Å². The van der Waals surface area contributed by atoms with Gasteiger partial charge in [-0.15, -0.1) is 24.8 Å². The molecule has 7 heteroatoms. The average Bonchev–Trinajstić information content (AvgIpc) is 2.29. The van der Waals surface area contributed by atoms with Gasteiger partial charge in [-0.1, -0.05) is 42.8 Å². The number of halogens is 2. The van der Waals surface area contributed by atoms with Gasteiger partial charge in [0.05, 0.1) is 5.54 Å². The predicted octanol–water partition coefficient (Wildman–Crippen LogP) is 2.65. The van der Waals surface area contributed by atoms with Crippen LogP contribution in [0.5, 0.6) is 0 Å². The van der Waals surface area contributed by atoms with Crippen LogP contribution < -0.4 is 5.84 Å². The molecule has 1 aromatic rings. The predicted molar refractivity (Wildman–Crippen MR) is 102 cm³/mol. The summed E-state index contributed by atoms with van der Waals surface area (Å²) in [5.74, 6) is 5.58. The van der Waals surface area contributed by atoms with Crippen LogP contribution in [0, 0.1) is 6.92 Å².